The van der Waals surface area contributed by atoms with Crippen LogP contribution >= 0.6 is 0 Å². The Hall–Kier alpha value is -2.65. The fourth-order valence-electron chi connectivity index (χ4n) is 2.36. The smallest absolute Gasteiger partial charge is 0.269 e. The first-order valence-corrected chi connectivity index (χ1v) is 9.15. The van der Waals surface area contributed by atoms with E-state index >= 15 is 0 Å². The van der Waals surface area contributed by atoms with Crippen molar-refractivity contribution in [2.45, 2.75) is 11.3 Å². The normalized spacial score (nSPS) is 11.4. The molecule has 0 saturated carbocycles. The minimum Gasteiger partial charge on any atom is -0.493 e. The highest BCUT2D eigenvalue weighted by Crippen LogP contribution is 2.28. The van der Waals surface area contributed by atoms with Crippen LogP contribution in [0.5, 0.6) is 11.5 Å². The summed E-state index contributed by atoms with van der Waals surface area (Å²) in [6, 6.07) is 10.2. The zero-order chi connectivity index (χ0) is 19.3. The molecule has 0 aliphatic rings. The highest BCUT2D eigenvalue weighted by atomic mass is 32.2. The van der Waals surface area contributed by atoms with Gasteiger partial charge in [0.2, 0.25) is 10.0 Å². The molecule has 9 heteroatoms. The molecule has 2 aromatic carbocycles. The van der Waals surface area contributed by atoms with E-state index in [1.807, 2.05) is 6.07 Å². The Kier molecular flexibility index (Phi) is 6.17. The van der Waals surface area contributed by atoms with E-state index in [9.17, 15) is 18.5 Å². The van der Waals surface area contributed by atoms with Crippen LogP contribution in [0.4, 0.5) is 5.69 Å². The molecule has 0 spiro atoms. The van der Waals surface area contributed by atoms with Gasteiger partial charge in [-0.3, -0.25) is 10.1 Å². The number of hydrogen-bond donors (Lipinski definition) is 0. The summed E-state index contributed by atoms with van der Waals surface area (Å²) in [5.41, 5.74) is 0.741. The summed E-state index contributed by atoms with van der Waals surface area (Å²) in [7, 11) is 0.823. The molecule has 0 radical (unpaired) electrons. The summed E-state index contributed by atoms with van der Waals surface area (Å²) < 4.78 is 36.8. The van der Waals surface area contributed by atoms with Crippen LogP contribution in [0.15, 0.2) is 47.4 Å². The van der Waals surface area contributed by atoms with Crippen LogP contribution in [0, 0.1) is 10.1 Å². The number of sulfonamides is 1. The predicted molar refractivity (Wildman–Crippen MR) is 96.2 cm³/mol. The quantitative estimate of drug-likeness (QED) is 0.515. The first kappa shape index (κ1) is 19.7. The molecule has 0 N–H and O–H groups in total. The molecular formula is C17H20N2O6S. The second-order valence-corrected chi connectivity index (χ2v) is 7.56. The number of non-ortho nitro benzene ring substituents is 1. The first-order valence-electron chi connectivity index (χ1n) is 7.71. The third-order valence-electron chi connectivity index (χ3n) is 3.92. The molecule has 140 valence electrons. The monoisotopic (exact) mass is 380 g/mol. The SMILES string of the molecule is COc1ccc(CCN(C)S(=O)(=O)c2ccc([N+](=O)[O-])cc2)cc1OC. The van der Waals surface area contributed by atoms with Crippen LogP contribution in [-0.4, -0.2) is 45.5 Å². The molecule has 0 unspecified atom stereocenters. The lowest BCUT2D eigenvalue weighted by molar-refractivity contribution is -0.384. The van der Waals surface area contributed by atoms with E-state index in [1.165, 1.54) is 42.7 Å². The van der Waals surface area contributed by atoms with Gasteiger partial charge in [-0.2, -0.15) is 0 Å². The van der Waals surface area contributed by atoms with E-state index in [4.69, 9.17) is 9.47 Å². The molecule has 8 nitrogen and oxygen atoms in total. The number of rotatable bonds is 8. The van der Waals surface area contributed by atoms with E-state index in [-0.39, 0.29) is 17.1 Å². The zero-order valence-electron chi connectivity index (χ0n) is 14.7. The van der Waals surface area contributed by atoms with Gasteiger partial charge in [-0.05, 0) is 36.2 Å². The zero-order valence-corrected chi connectivity index (χ0v) is 15.5. The molecule has 0 fully saturated rings. The number of benzene rings is 2. The van der Waals surface area contributed by atoms with E-state index < -0.39 is 14.9 Å². The van der Waals surface area contributed by atoms with Crippen LogP contribution < -0.4 is 9.47 Å². The van der Waals surface area contributed by atoms with Gasteiger partial charge in [-0.15, -0.1) is 0 Å². The third kappa shape index (κ3) is 4.30. The van der Waals surface area contributed by atoms with Gasteiger partial charge in [0.15, 0.2) is 11.5 Å². The fourth-order valence-corrected chi connectivity index (χ4v) is 3.53. The van der Waals surface area contributed by atoms with Gasteiger partial charge in [-0.25, -0.2) is 12.7 Å². The van der Waals surface area contributed by atoms with Crippen LogP contribution in [-0.2, 0) is 16.4 Å². The predicted octanol–water partition coefficient (Wildman–Crippen LogP) is 2.48. The van der Waals surface area contributed by atoms with Crippen molar-refractivity contribution in [2.75, 3.05) is 27.8 Å². The lowest BCUT2D eigenvalue weighted by atomic mass is 10.1. The van der Waals surface area contributed by atoms with Crippen molar-refractivity contribution in [3.05, 3.63) is 58.1 Å². The molecule has 0 aliphatic carbocycles. The number of ether oxygens (including phenoxy) is 2. The molecule has 0 aliphatic heterocycles. The van der Waals surface area contributed by atoms with Crippen molar-refractivity contribution >= 4 is 15.7 Å². The maximum Gasteiger partial charge on any atom is 0.269 e. The first-order chi connectivity index (χ1) is 12.3. The summed E-state index contributed by atoms with van der Waals surface area (Å²) in [5, 5.41) is 10.7. The maximum absolute atomic E-state index is 12.6. The van der Waals surface area contributed by atoms with Crippen molar-refractivity contribution in [2.24, 2.45) is 0 Å². The van der Waals surface area contributed by atoms with Gasteiger partial charge in [-0.1, -0.05) is 6.07 Å². The summed E-state index contributed by atoms with van der Waals surface area (Å²) in [5.74, 6) is 1.17. The summed E-state index contributed by atoms with van der Waals surface area (Å²) >= 11 is 0. The highest BCUT2D eigenvalue weighted by molar-refractivity contribution is 7.89. The number of nitro groups is 1. The van der Waals surface area contributed by atoms with Gasteiger partial charge in [0.05, 0.1) is 24.0 Å². The van der Waals surface area contributed by atoms with Crippen molar-refractivity contribution in [1.29, 1.82) is 0 Å². The largest absolute Gasteiger partial charge is 0.493 e. The van der Waals surface area contributed by atoms with Gasteiger partial charge in [0.25, 0.3) is 5.69 Å². The Labute approximate surface area is 152 Å². The summed E-state index contributed by atoms with van der Waals surface area (Å²) in [6.45, 7) is 0.245. The molecule has 0 saturated heterocycles. The van der Waals surface area contributed by atoms with Gasteiger partial charge >= 0.3 is 0 Å². The van der Waals surface area contributed by atoms with Gasteiger partial charge < -0.3 is 9.47 Å². The van der Waals surface area contributed by atoms with E-state index in [0.29, 0.717) is 17.9 Å². The fraction of sp³-hybridized carbons (Fsp3) is 0.294. The van der Waals surface area contributed by atoms with E-state index in [0.717, 1.165) is 5.56 Å². The molecule has 0 aromatic heterocycles. The molecule has 26 heavy (non-hydrogen) atoms. The Morgan fingerprint density at radius 1 is 1.04 bits per heavy atom. The Balaban J connectivity index is 2.11. The number of hydrogen-bond acceptors (Lipinski definition) is 6. The second kappa shape index (κ2) is 8.15. The van der Waals surface area contributed by atoms with Crippen molar-refractivity contribution in [1.82, 2.24) is 4.31 Å². The van der Waals surface area contributed by atoms with Gasteiger partial charge in [0, 0.05) is 25.7 Å². The summed E-state index contributed by atoms with van der Waals surface area (Å²) in [6.07, 6.45) is 0.475. The van der Waals surface area contributed by atoms with E-state index in [2.05, 4.69) is 0 Å². The maximum atomic E-state index is 12.6. The average Bonchev–Trinajstić information content (AvgIpc) is 2.65. The Morgan fingerprint density at radius 2 is 1.65 bits per heavy atom. The number of likely N-dealkylation sites (N-methyl/N-ethyl adjacent to an activating group) is 1. The third-order valence-corrected chi connectivity index (χ3v) is 5.79. The molecular weight excluding hydrogens is 360 g/mol. The summed E-state index contributed by atoms with van der Waals surface area (Å²) in [4.78, 5) is 10.1. The lowest BCUT2D eigenvalue weighted by Crippen LogP contribution is -2.29. The number of methoxy groups -OCH3 is 2. The highest BCUT2D eigenvalue weighted by Gasteiger charge is 2.21. The molecule has 0 bridgehead atoms. The Bertz CT molecular complexity index is 881. The number of nitro benzene ring substituents is 1. The van der Waals surface area contributed by atoms with Crippen LogP contribution in [0.2, 0.25) is 0 Å². The van der Waals surface area contributed by atoms with Gasteiger partial charge in [0.1, 0.15) is 0 Å². The topological polar surface area (TPSA) is 99.0 Å². The standard InChI is InChI=1S/C17H20N2O6S/c1-18(11-10-13-4-9-16(24-2)17(12-13)25-3)26(22,23)15-7-5-14(6-8-15)19(20)21/h4-9,12H,10-11H2,1-3H3. The number of nitrogens with zero attached hydrogens (tertiary/aromatic N) is 2. The minimum atomic E-state index is -3.73. The molecule has 2 aromatic rings. The van der Waals surface area contributed by atoms with Crippen molar-refractivity contribution in [3.8, 4) is 11.5 Å². The Morgan fingerprint density at radius 3 is 2.19 bits per heavy atom. The van der Waals surface area contributed by atoms with Crippen molar-refractivity contribution < 1.29 is 22.8 Å². The molecule has 0 amide bonds. The van der Waals surface area contributed by atoms with Crippen LogP contribution in [0.3, 0.4) is 0 Å². The van der Waals surface area contributed by atoms with Crippen molar-refractivity contribution in [3.63, 3.8) is 0 Å². The lowest BCUT2D eigenvalue weighted by Gasteiger charge is -2.17. The molecule has 0 atom stereocenters. The second-order valence-electron chi connectivity index (χ2n) is 5.52. The average molecular weight is 380 g/mol. The van der Waals surface area contributed by atoms with E-state index in [1.54, 1.807) is 19.2 Å². The minimum absolute atomic E-state index is 0.0120. The molecule has 2 rings (SSSR count). The molecule has 0 heterocycles. The van der Waals surface area contributed by atoms with Crippen LogP contribution in [0.25, 0.3) is 0 Å². The van der Waals surface area contributed by atoms with Crippen LogP contribution in [0.1, 0.15) is 5.56 Å².